The van der Waals surface area contributed by atoms with Crippen LogP contribution in [-0.4, -0.2) is 41.9 Å². The number of aryl methyl sites for hydroxylation is 1. The number of nitrogens with zero attached hydrogens (tertiary/aromatic N) is 3. The molecule has 0 unspecified atom stereocenters. The molecule has 23 heavy (non-hydrogen) atoms. The number of pyridine rings is 2. The van der Waals surface area contributed by atoms with Crippen LogP contribution in [-0.2, 0) is 0 Å². The molecule has 0 radical (unpaired) electrons. The van der Waals surface area contributed by atoms with Crippen LogP contribution >= 0.6 is 0 Å². The second kappa shape index (κ2) is 6.75. The summed E-state index contributed by atoms with van der Waals surface area (Å²) in [7, 11) is 0. The first-order chi connectivity index (χ1) is 11.1. The maximum Gasteiger partial charge on any atom is 0.215 e. The van der Waals surface area contributed by atoms with E-state index in [0.29, 0.717) is 11.3 Å². The highest BCUT2D eigenvalue weighted by Gasteiger charge is 2.18. The third-order valence-electron chi connectivity index (χ3n) is 3.94. The van der Waals surface area contributed by atoms with Gasteiger partial charge in [-0.1, -0.05) is 0 Å². The van der Waals surface area contributed by atoms with Gasteiger partial charge in [0.15, 0.2) is 0 Å². The molecule has 0 bridgehead atoms. The molecule has 3 heterocycles. The van der Waals surface area contributed by atoms with Crippen molar-refractivity contribution in [1.82, 2.24) is 15.3 Å². The van der Waals surface area contributed by atoms with Gasteiger partial charge in [-0.05, 0) is 49.7 Å². The first kappa shape index (κ1) is 15.4. The Balaban J connectivity index is 1.94. The molecule has 0 saturated carbocycles. The van der Waals surface area contributed by atoms with E-state index in [4.69, 9.17) is 5.73 Å². The molecular formula is C17H21N5O. The largest absolute Gasteiger partial charge is 0.383 e. The lowest BCUT2D eigenvalue weighted by molar-refractivity contribution is 0.103. The van der Waals surface area contributed by atoms with Crippen LogP contribution in [0.3, 0.4) is 0 Å². The lowest BCUT2D eigenvalue weighted by Crippen LogP contribution is -2.29. The number of aromatic nitrogens is 2. The molecule has 3 rings (SSSR count). The number of rotatable bonds is 3. The zero-order chi connectivity index (χ0) is 16.2. The van der Waals surface area contributed by atoms with Crippen LogP contribution in [0.4, 0.5) is 11.6 Å². The highest BCUT2D eigenvalue weighted by molar-refractivity contribution is 6.10. The van der Waals surface area contributed by atoms with Gasteiger partial charge in [0.2, 0.25) is 5.78 Å². The van der Waals surface area contributed by atoms with Gasteiger partial charge in [-0.2, -0.15) is 0 Å². The van der Waals surface area contributed by atoms with Gasteiger partial charge in [-0.25, -0.2) is 9.97 Å². The van der Waals surface area contributed by atoms with Crippen LogP contribution in [0.15, 0.2) is 30.5 Å². The lowest BCUT2D eigenvalue weighted by Gasteiger charge is -2.22. The Morgan fingerprint density at radius 3 is 3.00 bits per heavy atom. The fourth-order valence-corrected chi connectivity index (χ4v) is 2.75. The normalized spacial score (nSPS) is 15.3. The predicted molar refractivity (Wildman–Crippen MR) is 90.8 cm³/mol. The fourth-order valence-electron chi connectivity index (χ4n) is 2.75. The SMILES string of the molecule is Cc1cc(C(=O)c2cccnc2N)nc(N2CCCNCC2)c1. The van der Waals surface area contributed by atoms with Crippen molar-refractivity contribution in [2.45, 2.75) is 13.3 Å². The van der Waals surface area contributed by atoms with Crippen molar-refractivity contribution < 1.29 is 4.79 Å². The fraction of sp³-hybridized carbons (Fsp3) is 0.353. The first-order valence-electron chi connectivity index (χ1n) is 7.85. The smallest absolute Gasteiger partial charge is 0.215 e. The standard InChI is InChI=1S/C17H21N5O/c1-12-10-14(16(23)13-4-2-6-20-17(13)18)21-15(11-12)22-8-3-5-19-7-9-22/h2,4,6,10-11,19H,3,5,7-9H2,1H3,(H2,18,20). The van der Waals surface area contributed by atoms with Crippen LogP contribution in [0.1, 0.15) is 28.0 Å². The highest BCUT2D eigenvalue weighted by atomic mass is 16.1. The summed E-state index contributed by atoms with van der Waals surface area (Å²) in [6, 6.07) is 7.22. The summed E-state index contributed by atoms with van der Waals surface area (Å²) in [6.07, 6.45) is 2.64. The van der Waals surface area contributed by atoms with Crippen LogP contribution in [0.2, 0.25) is 0 Å². The van der Waals surface area contributed by atoms with E-state index in [1.165, 1.54) is 0 Å². The van der Waals surface area contributed by atoms with Gasteiger partial charge < -0.3 is 16.0 Å². The first-order valence-corrected chi connectivity index (χ1v) is 7.85. The van der Waals surface area contributed by atoms with Gasteiger partial charge in [0.1, 0.15) is 17.3 Å². The average Bonchev–Trinajstić information content (AvgIpc) is 2.83. The molecule has 0 aliphatic carbocycles. The molecule has 2 aromatic heterocycles. The van der Waals surface area contributed by atoms with E-state index in [9.17, 15) is 4.79 Å². The highest BCUT2D eigenvalue weighted by Crippen LogP contribution is 2.19. The third-order valence-corrected chi connectivity index (χ3v) is 3.94. The quantitative estimate of drug-likeness (QED) is 0.834. The zero-order valence-electron chi connectivity index (χ0n) is 13.2. The maximum absolute atomic E-state index is 12.7. The topological polar surface area (TPSA) is 84.1 Å². The number of nitrogens with one attached hydrogen (secondary N) is 1. The van der Waals surface area contributed by atoms with Crippen molar-refractivity contribution in [3.05, 3.63) is 47.3 Å². The monoisotopic (exact) mass is 311 g/mol. The Morgan fingerprint density at radius 2 is 2.17 bits per heavy atom. The van der Waals surface area contributed by atoms with E-state index in [-0.39, 0.29) is 11.6 Å². The Bertz CT molecular complexity index is 708. The van der Waals surface area contributed by atoms with E-state index in [2.05, 4.69) is 20.2 Å². The van der Waals surface area contributed by atoms with Crippen LogP contribution in [0, 0.1) is 6.92 Å². The minimum Gasteiger partial charge on any atom is -0.383 e. The number of hydrogen-bond donors (Lipinski definition) is 2. The molecule has 0 atom stereocenters. The third kappa shape index (κ3) is 3.48. The molecule has 1 aliphatic rings. The number of carbonyl (C=O) groups is 1. The maximum atomic E-state index is 12.7. The van der Waals surface area contributed by atoms with Crippen molar-refractivity contribution >= 4 is 17.4 Å². The average molecular weight is 311 g/mol. The van der Waals surface area contributed by atoms with E-state index >= 15 is 0 Å². The lowest BCUT2D eigenvalue weighted by atomic mass is 10.1. The molecule has 0 aromatic carbocycles. The molecule has 2 aromatic rings. The number of carbonyl (C=O) groups excluding carboxylic acids is 1. The molecule has 3 N–H and O–H groups in total. The van der Waals surface area contributed by atoms with Crippen molar-refractivity contribution in [3.8, 4) is 0 Å². The molecule has 6 nitrogen and oxygen atoms in total. The summed E-state index contributed by atoms with van der Waals surface area (Å²) in [5, 5.41) is 3.37. The van der Waals surface area contributed by atoms with Gasteiger partial charge in [0.25, 0.3) is 0 Å². The second-order valence-corrected chi connectivity index (χ2v) is 5.74. The molecule has 1 fully saturated rings. The van der Waals surface area contributed by atoms with Crippen LogP contribution < -0.4 is 16.0 Å². The summed E-state index contributed by atoms with van der Waals surface area (Å²) in [5.74, 6) is 0.898. The Labute approximate surface area is 135 Å². The minimum absolute atomic E-state index is 0.187. The number of ketones is 1. The zero-order valence-corrected chi connectivity index (χ0v) is 13.2. The van der Waals surface area contributed by atoms with Crippen LogP contribution in [0.25, 0.3) is 0 Å². The molecule has 6 heteroatoms. The summed E-state index contributed by atoms with van der Waals surface area (Å²) >= 11 is 0. The summed E-state index contributed by atoms with van der Waals surface area (Å²) in [5.41, 5.74) is 7.64. The minimum atomic E-state index is -0.187. The van der Waals surface area contributed by atoms with Crippen molar-refractivity contribution in [3.63, 3.8) is 0 Å². The Morgan fingerprint density at radius 1 is 1.30 bits per heavy atom. The van der Waals surface area contributed by atoms with Gasteiger partial charge in [-0.3, -0.25) is 4.79 Å². The van der Waals surface area contributed by atoms with Gasteiger partial charge in [0, 0.05) is 25.8 Å². The summed E-state index contributed by atoms with van der Waals surface area (Å²) in [4.78, 5) is 23.5. The molecule has 0 amide bonds. The van der Waals surface area contributed by atoms with E-state index in [1.807, 2.05) is 13.0 Å². The number of hydrogen-bond acceptors (Lipinski definition) is 6. The van der Waals surface area contributed by atoms with E-state index in [0.717, 1.165) is 44.0 Å². The van der Waals surface area contributed by atoms with Gasteiger partial charge in [-0.15, -0.1) is 0 Å². The summed E-state index contributed by atoms with van der Waals surface area (Å²) < 4.78 is 0. The molecular weight excluding hydrogens is 290 g/mol. The molecule has 1 aliphatic heterocycles. The van der Waals surface area contributed by atoms with Crippen LogP contribution in [0.5, 0.6) is 0 Å². The van der Waals surface area contributed by atoms with Crippen molar-refractivity contribution in [2.24, 2.45) is 0 Å². The molecule has 120 valence electrons. The van der Waals surface area contributed by atoms with Crippen molar-refractivity contribution in [2.75, 3.05) is 36.8 Å². The Kier molecular flexibility index (Phi) is 4.52. The van der Waals surface area contributed by atoms with Crippen molar-refractivity contribution in [1.29, 1.82) is 0 Å². The van der Waals surface area contributed by atoms with E-state index in [1.54, 1.807) is 24.4 Å². The number of nitrogen functional groups attached to an aromatic ring is 1. The molecule has 1 saturated heterocycles. The van der Waals surface area contributed by atoms with E-state index < -0.39 is 0 Å². The van der Waals surface area contributed by atoms with Gasteiger partial charge in [0.05, 0.1) is 5.56 Å². The number of anilines is 2. The Hall–Kier alpha value is -2.47. The molecule has 0 spiro atoms. The second-order valence-electron chi connectivity index (χ2n) is 5.74. The predicted octanol–water partition coefficient (Wildman–Crippen LogP) is 1.40. The summed E-state index contributed by atoms with van der Waals surface area (Å²) in [6.45, 7) is 5.74. The number of nitrogens with two attached hydrogens (primary N) is 1. The van der Waals surface area contributed by atoms with Gasteiger partial charge >= 0.3 is 0 Å².